The summed E-state index contributed by atoms with van der Waals surface area (Å²) in [5.41, 5.74) is 6.62. The number of fused-ring (bicyclic) bond motifs is 4. The minimum absolute atomic E-state index is 0.107. The number of ketones is 1. The number of anilines is 2. The fourth-order valence-electron chi connectivity index (χ4n) is 7.55. The number of nitro benzene ring substituents is 1. The molecule has 4 aromatic carbocycles. The number of piperidine rings is 1. The highest BCUT2D eigenvalue weighted by Crippen LogP contribution is 2.52. The van der Waals surface area contributed by atoms with Crippen LogP contribution in [0.1, 0.15) is 62.3 Å². The molecular weight excluding hydrogens is 534 g/mol. The van der Waals surface area contributed by atoms with Gasteiger partial charge in [-0.3, -0.25) is 14.9 Å². The Labute approximate surface area is 252 Å². The number of hydrogen-bond acceptors (Lipinski definition) is 5. The van der Waals surface area contributed by atoms with Crippen LogP contribution in [0.2, 0.25) is 0 Å². The molecule has 0 bridgehead atoms. The number of rotatable bonds is 5. The lowest BCUT2D eigenvalue weighted by Crippen LogP contribution is -2.35. The van der Waals surface area contributed by atoms with Crippen molar-refractivity contribution in [1.82, 2.24) is 0 Å². The van der Waals surface area contributed by atoms with Crippen molar-refractivity contribution in [2.24, 2.45) is 11.3 Å². The Balaban J connectivity index is 1.23. The van der Waals surface area contributed by atoms with Crippen LogP contribution in [-0.4, -0.2) is 23.8 Å². The van der Waals surface area contributed by atoms with Crippen LogP contribution in [0.25, 0.3) is 16.3 Å². The van der Waals surface area contributed by atoms with E-state index in [1.54, 1.807) is 6.07 Å². The molecule has 2 aliphatic heterocycles. The van der Waals surface area contributed by atoms with E-state index >= 15 is 0 Å². The molecule has 1 N–H and O–H groups in total. The number of nitrogens with zero attached hydrogens (tertiary/aromatic N) is 2. The van der Waals surface area contributed by atoms with Crippen LogP contribution in [-0.2, 0) is 11.2 Å². The highest BCUT2D eigenvalue weighted by Gasteiger charge is 2.41. The second kappa shape index (κ2) is 10.7. The molecule has 1 aliphatic carbocycles. The van der Waals surface area contributed by atoms with Crippen molar-refractivity contribution in [2.75, 3.05) is 23.3 Å². The van der Waals surface area contributed by atoms with Crippen LogP contribution in [0.5, 0.6) is 0 Å². The van der Waals surface area contributed by atoms with Gasteiger partial charge in [-0.1, -0.05) is 80.6 Å². The van der Waals surface area contributed by atoms with Gasteiger partial charge in [0.25, 0.3) is 5.69 Å². The van der Waals surface area contributed by atoms with Crippen molar-refractivity contribution in [2.45, 2.75) is 52.0 Å². The van der Waals surface area contributed by atoms with Gasteiger partial charge in [-0.25, -0.2) is 0 Å². The lowest BCUT2D eigenvalue weighted by Gasteiger charge is -2.40. The van der Waals surface area contributed by atoms with Gasteiger partial charge in [-0.15, -0.1) is 0 Å². The molecule has 0 radical (unpaired) electrons. The fraction of sp³-hybridized carbons (Fsp3) is 0.324. The minimum Gasteiger partial charge on any atom is -0.373 e. The monoisotopic (exact) mass is 571 g/mol. The molecule has 0 amide bonds. The van der Waals surface area contributed by atoms with E-state index in [4.69, 9.17) is 0 Å². The summed E-state index contributed by atoms with van der Waals surface area (Å²) < 4.78 is 0. The van der Waals surface area contributed by atoms with E-state index in [0.29, 0.717) is 18.0 Å². The topological polar surface area (TPSA) is 75.5 Å². The Bertz CT molecular complexity index is 1770. The fourth-order valence-corrected chi connectivity index (χ4v) is 7.55. The lowest BCUT2D eigenvalue weighted by atomic mass is 9.68. The van der Waals surface area contributed by atoms with Crippen LogP contribution < -0.4 is 10.2 Å². The van der Waals surface area contributed by atoms with Gasteiger partial charge in [-0.2, -0.15) is 0 Å². The van der Waals surface area contributed by atoms with Gasteiger partial charge < -0.3 is 10.2 Å². The number of carbonyl (C=O) groups is 1. The number of nitro groups is 1. The second-order valence-electron chi connectivity index (χ2n) is 13.2. The van der Waals surface area contributed by atoms with Gasteiger partial charge >= 0.3 is 0 Å². The molecule has 3 aliphatic rings. The molecule has 1 fully saturated rings. The quantitative estimate of drug-likeness (QED) is 0.192. The van der Waals surface area contributed by atoms with Crippen LogP contribution in [0.4, 0.5) is 17.1 Å². The second-order valence-corrected chi connectivity index (χ2v) is 13.2. The molecule has 6 heteroatoms. The van der Waals surface area contributed by atoms with Gasteiger partial charge in [0.05, 0.1) is 11.0 Å². The smallest absolute Gasteiger partial charge is 0.292 e. The molecule has 7 rings (SSSR count). The number of Topliss-reactive ketones (excluding diaryl/α,β-unsaturated/α-hetero) is 1. The van der Waals surface area contributed by atoms with E-state index in [-0.39, 0.29) is 21.8 Å². The molecule has 0 unspecified atom stereocenters. The maximum Gasteiger partial charge on any atom is 0.292 e. The third kappa shape index (κ3) is 5.09. The highest BCUT2D eigenvalue weighted by molar-refractivity contribution is 6.12. The summed E-state index contributed by atoms with van der Waals surface area (Å²) in [6, 6.07) is 28.2. The van der Waals surface area contributed by atoms with Gasteiger partial charge in [0.15, 0.2) is 5.78 Å². The maximum atomic E-state index is 13.8. The highest BCUT2D eigenvalue weighted by atomic mass is 16.6. The predicted octanol–water partition coefficient (Wildman–Crippen LogP) is 8.52. The van der Waals surface area contributed by atoms with Crippen LogP contribution >= 0.6 is 0 Å². The van der Waals surface area contributed by atoms with Crippen molar-refractivity contribution >= 4 is 39.2 Å². The molecule has 4 aromatic rings. The summed E-state index contributed by atoms with van der Waals surface area (Å²) in [5.74, 6) is 0.695. The van der Waals surface area contributed by atoms with Crippen LogP contribution in [0, 0.1) is 21.4 Å². The molecule has 0 aromatic heterocycles. The molecule has 1 atom stereocenters. The first-order valence-corrected chi connectivity index (χ1v) is 15.4. The van der Waals surface area contributed by atoms with Gasteiger partial charge in [0.1, 0.15) is 5.69 Å². The molecule has 0 saturated carbocycles. The zero-order valence-electron chi connectivity index (χ0n) is 24.8. The first-order chi connectivity index (χ1) is 20.8. The summed E-state index contributed by atoms with van der Waals surface area (Å²) >= 11 is 0. The number of nitrogens with one attached hydrogen (secondary N) is 1. The van der Waals surface area contributed by atoms with E-state index in [9.17, 15) is 14.9 Å². The Morgan fingerprint density at radius 3 is 2.44 bits per heavy atom. The molecule has 2 heterocycles. The summed E-state index contributed by atoms with van der Waals surface area (Å²) in [6.07, 6.45) is 4.29. The normalized spacial score (nSPS) is 20.0. The largest absolute Gasteiger partial charge is 0.373 e. The molecule has 43 heavy (non-hydrogen) atoms. The Kier molecular flexibility index (Phi) is 6.80. The van der Waals surface area contributed by atoms with E-state index in [2.05, 4.69) is 72.6 Å². The van der Waals surface area contributed by atoms with E-state index in [1.165, 1.54) is 5.56 Å². The average Bonchev–Trinajstić information content (AvgIpc) is 3.00. The first kappa shape index (κ1) is 27.4. The Morgan fingerprint density at radius 1 is 0.930 bits per heavy atom. The van der Waals surface area contributed by atoms with Crippen molar-refractivity contribution in [1.29, 1.82) is 0 Å². The SMILES string of the molecule is CC1(C)CC(=O)C2=C(C1)c1c(ccc3ccccc13)N[C@H]2c1ccc(N2CCC(Cc3ccccc3)CC2)c([N+](=O)[O-])c1. The van der Waals surface area contributed by atoms with Crippen molar-refractivity contribution in [3.63, 3.8) is 0 Å². The molecule has 0 spiro atoms. The predicted molar refractivity (Wildman–Crippen MR) is 173 cm³/mol. The summed E-state index contributed by atoms with van der Waals surface area (Å²) in [7, 11) is 0. The molecule has 6 nitrogen and oxygen atoms in total. The summed E-state index contributed by atoms with van der Waals surface area (Å²) in [6.45, 7) is 5.89. The third-order valence-electron chi connectivity index (χ3n) is 9.59. The Morgan fingerprint density at radius 2 is 1.67 bits per heavy atom. The number of carbonyl (C=O) groups excluding carboxylic acids is 1. The van der Waals surface area contributed by atoms with E-state index in [1.807, 2.05) is 30.3 Å². The van der Waals surface area contributed by atoms with Gasteiger partial charge in [0, 0.05) is 42.4 Å². The zero-order valence-corrected chi connectivity index (χ0v) is 24.8. The third-order valence-corrected chi connectivity index (χ3v) is 9.59. The molecule has 1 saturated heterocycles. The van der Waals surface area contributed by atoms with E-state index < -0.39 is 6.04 Å². The maximum absolute atomic E-state index is 13.8. The Hall–Kier alpha value is -4.45. The number of hydrogen-bond donors (Lipinski definition) is 1. The standard InChI is InChI=1S/C37H37N3O3/c1-37(2)22-29-34-28-11-7-6-10-26(28)12-14-30(34)38-36(35(29)33(41)23-37)27-13-15-31(32(21-27)40(42)43)39-18-16-25(17-19-39)20-24-8-4-3-5-9-24/h3-15,21,25,36,38H,16-20,22-23H2,1-2H3/t36-/m0/s1. The number of benzene rings is 4. The average molecular weight is 572 g/mol. The van der Waals surface area contributed by atoms with Gasteiger partial charge in [-0.05, 0) is 76.6 Å². The van der Waals surface area contributed by atoms with Crippen molar-refractivity contribution < 1.29 is 9.72 Å². The molecule has 218 valence electrons. The number of allylic oxidation sites excluding steroid dienone is 1. The molecular formula is C37H37N3O3. The van der Waals surface area contributed by atoms with Crippen LogP contribution in [0.15, 0.2) is 90.5 Å². The summed E-state index contributed by atoms with van der Waals surface area (Å²) in [4.78, 5) is 28.2. The lowest BCUT2D eigenvalue weighted by molar-refractivity contribution is -0.384. The zero-order chi connectivity index (χ0) is 29.7. The van der Waals surface area contributed by atoms with Crippen LogP contribution in [0.3, 0.4) is 0 Å². The minimum atomic E-state index is -0.434. The van der Waals surface area contributed by atoms with Crippen molar-refractivity contribution in [3.8, 4) is 0 Å². The first-order valence-electron chi connectivity index (χ1n) is 15.4. The van der Waals surface area contributed by atoms with Gasteiger partial charge in [0.2, 0.25) is 0 Å². The summed E-state index contributed by atoms with van der Waals surface area (Å²) in [5, 5.41) is 18.4. The van der Waals surface area contributed by atoms with Crippen molar-refractivity contribution in [3.05, 3.63) is 117 Å². The van der Waals surface area contributed by atoms with E-state index in [0.717, 1.165) is 77.5 Å².